The fourth-order valence-electron chi connectivity index (χ4n) is 0.676. The van der Waals surface area contributed by atoms with E-state index in [1.807, 2.05) is 12.1 Å². The molecule has 0 bridgehead atoms. The summed E-state index contributed by atoms with van der Waals surface area (Å²) >= 11 is 2.21. The number of hydrogen-bond acceptors (Lipinski definition) is 2. The second kappa shape index (κ2) is 4.54. The number of rotatable bonds is 3. The minimum atomic E-state index is 0.743. The Bertz CT molecular complexity index is 227. The van der Waals surface area contributed by atoms with Crippen LogP contribution in [0.25, 0.3) is 0 Å². The molecular weight excluding hydrogens is 253 g/mol. The Morgan fingerprint density at radius 3 is 3.09 bits per heavy atom. The molecule has 1 heterocycles. The first-order valence-electron chi connectivity index (χ1n) is 3.58. The molecule has 1 rings (SSSR count). The summed E-state index contributed by atoms with van der Waals surface area (Å²) in [5.41, 5.74) is 0. The van der Waals surface area contributed by atoms with Gasteiger partial charge < -0.3 is 4.74 Å². The highest BCUT2D eigenvalue weighted by molar-refractivity contribution is 14.1. The van der Waals surface area contributed by atoms with Crippen LogP contribution in [0.3, 0.4) is 0 Å². The van der Waals surface area contributed by atoms with Crippen molar-refractivity contribution in [2.45, 2.75) is 13.3 Å². The third kappa shape index (κ3) is 2.65. The fourth-order valence-corrected chi connectivity index (χ4v) is 1.18. The average molecular weight is 263 g/mol. The van der Waals surface area contributed by atoms with Crippen LogP contribution in [0, 0.1) is 3.57 Å². The third-order valence-electron chi connectivity index (χ3n) is 1.17. The molecule has 11 heavy (non-hydrogen) atoms. The lowest BCUT2D eigenvalue weighted by atomic mass is 10.5. The Hall–Kier alpha value is -0.320. The Morgan fingerprint density at radius 2 is 2.45 bits per heavy atom. The number of aromatic nitrogens is 1. The Morgan fingerprint density at radius 1 is 1.64 bits per heavy atom. The highest BCUT2D eigenvalue weighted by Gasteiger charge is 1.98. The molecule has 0 unspecified atom stereocenters. The van der Waals surface area contributed by atoms with Crippen molar-refractivity contribution in [2.24, 2.45) is 0 Å². The van der Waals surface area contributed by atoms with E-state index in [0.717, 1.165) is 22.5 Å². The lowest BCUT2D eigenvalue weighted by Crippen LogP contribution is -1.98. The van der Waals surface area contributed by atoms with E-state index in [2.05, 4.69) is 34.5 Å². The van der Waals surface area contributed by atoms with Gasteiger partial charge in [0.15, 0.2) is 0 Å². The van der Waals surface area contributed by atoms with E-state index < -0.39 is 0 Å². The molecule has 0 radical (unpaired) electrons. The maximum absolute atomic E-state index is 5.37. The third-order valence-corrected chi connectivity index (χ3v) is 1.99. The molecule has 0 amide bonds. The van der Waals surface area contributed by atoms with E-state index in [9.17, 15) is 0 Å². The first-order chi connectivity index (χ1) is 5.34. The molecule has 0 N–H and O–H groups in total. The molecule has 0 fully saturated rings. The predicted octanol–water partition coefficient (Wildman–Crippen LogP) is 2.48. The zero-order chi connectivity index (χ0) is 8.10. The normalized spacial score (nSPS) is 9.64. The molecule has 2 nitrogen and oxygen atoms in total. The van der Waals surface area contributed by atoms with Gasteiger partial charge in [0.05, 0.1) is 10.2 Å². The van der Waals surface area contributed by atoms with Gasteiger partial charge in [0.25, 0.3) is 0 Å². The molecule has 0 aliphatic carbocycles. The first-order valence-corrected chi connectivity index (χ1v) is 4.65. The number of halogens is 1. The van der Waals surface area contributed by atoms with Gasteiger partial charge in [0.2, 0.25) is 5.88 Å². The van der Waals surface area contributed by atoms with Gasteiger partial charge in [-0.25, -0.2) is 4.98 Å². The summed E-state index contributed by atoms with van der Waals surface area (Å²) in [5.74, 6) is 0.745. The molecule has 0 atom stereocenters. The SMILES string of the molecule is CCCOc1ncccc1I. The Kier molecular flexibility index (Phi) is 3.62. The highest BCUT2D eigenvalue weighted by atomic mass is 127. The van der Waals surface area contributed by atoms with Crippen LogP contribution in [0.5, 0.6) is 5.88 Å². The highest BCUT2D eigenvalue weighted by Crippen LogP contribution is 2.15. The molecule has 3 heteroatoms. The van der Waals surface area contributed by atoms with Gasteiger partial charge in [-0.3, -0.25) is 0 Å². The first kappa shape index (κ1) is 8.77. The van der Waals surface area contributed by atoms with Gasteiger partial charge in [-0.1, -0.05) is 6.92 Å². The minimum absolute atomic E-state index is 0.743. The maximum Gasteiger partial charge on any atom is 0.227 e. The van der Waals surface area contributed by atoms with Crippen molar-refractivity contribution in [2.75, 3.05) is 6.61 Å². The van der Waals surface area contributed by atoms with Gasteiger partial charge in [0, 0.05) is 6.20 Å². The summed E-state index contributed by atoms with van der Waals surface area (Å²) in [6.45, 7) is 2.82. The molecule has 1 aromatic rings. The second-order valence-corrected chi connectivity index (χ2v) is 3.30. The summed E-state index contributed by atoms with van der Waals surface area (Å²) in [6.07, 6.45) is 2.76. The largest absolute Gasteiger partial charge is 0.477 e. The van der Waals surface area contributed by atoms with Gasteiger partial charge in [-0.15, -0.1) is 0 Å². The van der Waals surface area contributed by atoms with E-state index in [0.29, 0.717) is 0 Å². The number of ether oxygens (including phenoxy) is 1. The summed E-state index contributed by atoms with van der Waals surface area (Å²) in [6, 6.07) is 3.89. The maximum atomic E-state index is 5.37. The molecule has 0 saturated carbocycles. The Balaban J connectivity index is 2.62. The van der Waals surface area contributed by atoms with E-state index in [1.54, 1.807) is 6.20 Å². The molecule has 0 saturated heterocycles. The predicted molar refractivity (Wildman–Crippen MR) is 52.7 cm³/mol. The smallest absolute Gasteiger partial charge is 0.227 e. The lowest BCUT2D eigenvalue weighted by Gasteiger charge is -2.03. The molecule has 60 valence electrons. The molecule has 0 aliphatic heterocycles. The lowest BCUT2D eigenvalue weighted by molar-refractivity contribution is 0.303. The van der Waals surface area contributed by atoms with Crippen LogP contribution in [0.4, 0.5) is 0 Å². The standard InChI is InChI=1S/C8H10INO/c1-2-6-11-8-7(9)4-3-5-10-8/h3-5H,2,6H2,1H3. The van der Waals surface area contributed by atoms with E-state index >= 15 is 0 Å². The summed E-state index contributed by atoms with van der Waals surface area (Å²) < 4.78 is 6.44. The zero-order valence-electron chi connectivity index (χ0n) is 6.38. The molecule has 1 aromatic heterocycles. The summed E-state index contributed by atoms with van der Waals surface area (Å²) in [7, 11) is 0. The average Bonchev–Trinajstić information content (AvgIpc) is 2.03. The molecular formula is C8H10INO. The number of nitrogens with zero attached hydrogens (tertiary/aromatic N) is 1. The summed E-state index contributed by atoms with van der Waals surface area (Å²) in [4.78, 5) is 4.09. The van der Waals surface area contributed by atoms with Crippen LogP contribution >= 0.6 is 22.6 Å². The number of hydrogen-bond donors (Lipinski definition) is 0. The van der Waals surface area contributed by atoms with Crippen LogP contribution in [0.1, 0.15) is 13.3 Å². The van der Waals surface area contributed by atoms with Crippen molar-refractivity contribution < 1.29 is 4.74 Å². The Labute approximate surface area is 80.1 Å². The monoisotopic (exact) mass is 263 g/mol. The van der Waals surface area contributed by atoms with Crippen LogP contribution < -0.4 is 4.74 Å². The number of pyridine rings is 1. The fraction of sp³-hybridized carbons (Fsp3) is 0.375. The van der Waals surface area contributed by atoms with Gasteiger partial charge in [-0.2, -0.15) is 0 Å². The van der Waals surface area contributed by atoms with Crippen molar-refractivity contribution in [1.82, 2.24) is 4.98 Å². The van der Waals surface area contributed by atoms with Crippen LogP contribution in [-0.2, 0) is 0 Å². The van der Waals surface area contributed by atoms with Gasteiger partial charge in [-0.05, 0) is 41.1 Å². The molecule has 0 spiro atoms. The van der Waals surface area contributed by atoms with Crippen LogP contribution in [0.2, 0.25) is 0 Å². The second-order valence-electron chi connectivity index (χ2n) is 2.14. The van der Waals surface area contributed by atoms with Crippen molar-refractivity contribution in [3.63, 3.8) is 0 Å². The van der Waals surface area contributed by atoms with Crippen LogP contribution in [0.15, 0.2) is 18.3 Å². The molecule has 0 aliphatic rings. The van der Waals surface area contributed by atoms with Crippen molar-refractivity contribution in [3.8, 4) is 5.88 Å². The van der Waals surface area contributed by atoms with E-state index in [4.69, 9.17) is 4.74 Å². The van der Waals surface area contributed by atoms with Gasteiger partial charge >= 0.3 is 0 Å². The minimum Gasteiger partial charge on any atom is -0.477 e. The van der Waals surface area contributed by atoms with Gasteiger partial charge in [0.1, 0.15) is 0 Å². The zero-order valence-corrected chi connectivity index (χ0v) is 8.54. The topological polar surface area (TPSA) is 22.1 Å². The van der Waals surface area contributed by atoms with E-state index in [-0.39, 0.29) is 0 Å². The molecule has 0 aromatic carbocycles. The van der Waals surface area contributed by atoms with Crippen LogP contribution in [-0.4, -0.2) is 11.6 Å². The van der Waals surface area contributed by atoms with Crippen molar-refractivity contribution in [3.05, 3.63) is 21.9 Å². The van der Waals surface area contributed by atoms with Crippen molar-refractivity contribution in [1.29, 1.82) is 0 Å². The summed E-state index contributed by atoms with van der Waals surface area (Å²) in [5, 5.41) is 0. The van der Waals surface area contributed by atoms with E-state index in [1.165, 1.54) is 0 Å². The van der Waals surface area contributed by atoms with Crippen molar-refractivity contribution >= 4 is 22.6 Å². The quantitative estimate of drug-likeness (QED) is 0.781.